The van der Waals surface area contributed by atoms with E-state index in [1.54, 1.807) is 0 Å². The van der Waals surface area contributed by atoms with Crippen LogP contribution in [-0.2, 0) is 0 Å². The summed E-state index contributed by atoms with van der Waals surface area (Å²) in [5.41, 5.74) is 0. The Hall–Kier alpha value is -0.480. The number of hydrogen-bond donors (Lipinski definition) is 1. The molecule has 3 unspecified atom stereocenters. The minimum atomic E-state index is 0.899. The number of unbranched alkanes of at least 4 members (excludes halogenated alkanes) is 1. The third-order valence-electron chi connectivity index (χ3n) is 4.50. The van der Waals surface area contributed by atoms with E-state index >= 15 is 0 Å². The van der Waals surface area contributed by atoms with Gasteiger partial charge < -0.3 is 5.32 Å². The fourth-order valence-electron chi connectivity index (χ4n) is 3.51. The monoisotopic (exact) mass is 249 g/mol. The maximum absolute atomic E-state index is 5.37. The van der Waals surface area contributed by atoms with Crippen LogP contribution < -0.4 is 5.32 Å². The van der Waals surface area contributed by atoms with Crippen LogP contribution in [0.4, 0.5) is 0 Å². The Kier molecular flexibility index (Phi) is 8.18. The fourth-order valence-corrected chi connectivity index (χ4v) is 3.51. The van der Waals surface area contributed by atoms with Crippen molar-refractivity contribution in [2.75, 3.05) is 13.1 Å². The summed E-state index contributed by atoms with van der Waals surface area (Å²) in [6, 6.07) is 0. The number of nitrogens with one attached hydrogen (secondary N) is 1. The van der Waals surface area contributed by atoms with E-state index in [-0.39, 0.29) is 0 Å². The van der Waals surface area contributed by atoms with Crippen LogP contribution in [-0.4, -0.2) is 13.1 Å². The van der Waals surface area contributed by atoms with E-state index in [0.717, 1.165) is 30.7 Å². The lowest BCUT2D eigenvalue weighted by Crippen LogP contribution is -2.33. The zero-order valence-corrected chi connectivity index (χ0v) is 12.4. The quantitative estimate of drug-likeness (QED) is 0.501. The van der Waals surface area contributed by atoms with Crippen molar-refractivity contribution >= 4 is 0 Å². The normalized spacial score (nSPS) is 27.9. The minimum absolute atomic E-state index is 0.899. The van der Waals surface area contributed by atoms with Crippen LogP contribution in [0.1, 0.15) is 65.2 Å². The van der Waals surface area contributed by atoms with Gasteiger partial charge in [0.25, 0.3) is 0 Å². The highest BCUT2D eigenvalue weighted by Crippen LogP contribution is 2.38. The molecule has 104 valence electrons. The van der Waals surface area contributed by atoms with Gasteiger partial charge in [-0.1, -0.05) is 33.1 Å². The van der Waals surface area contributed by atoms with Gasteiger partial charge in [0.2, 0.25) is 0 Å². The first kappa shape index (κ1) is 15.6. The average molecular weight is 249 g/mol. The molecule has 1 fully saturated rings. The van der Waals surface area contributed by atoms with Crippen LogP contribution in [0.2, 0.25) is 0 Å². The lowest BCUT2D eigenvalue weighted by Gasteiger charge is -2.36. The van der Waals surface area contributed by atoms with Gasteiger partial charge in [-0.05, 0) is 56.5 Å². The first-order valence-corrected chi connectivity index (χ1v) is 7.95. The van der Waals surface area contributed by atoms with Gasteiger partial charge in [0.1, 0.15) is 0 Å². The molecule has 0 amide bonds. The maximum atomic E-state index is 5.37. The van der Waals surface area contributed by atoms with E-state index < -0.39 is 0 Å². The molecular weight excluding hydrogens is 218 g/mol. The molecule has 1 aliphatic carbocycles. The molecule has 1 rings (SSSR count). The highest BCUT2D eigenvalue weighted by molar-refractivity contribution is 4.86. The molecule has 18 heavy (non-hydrogen) atoms. The Morgan fingerprint density at radius 1 is 1.17 bits per heavy atom. The smallest absolute Gasteiger partial charge is 0.00861 e. The van der Waals surface area contributed by atoms with Crippen LogP contribution in [0.5, 0.6) is 0 Å². The lowest BCUT2D eigenvalue weighted by atomic mass is 9.71. The first-order valence-electron chi connectivity index (χ1n) is 7.95. The van der Waals surface area contributed by atoms with Gasteiger partial charge >= 0.3 is 0 Å². The van der Waals surface area contributed by atoms with Gasteiger partial charge in [0.05, 0.1) is 0 Å². The molecule has 0 aromatic carbocycles. The Morgan fingerprint density at radius 3 is 2.67 bits per heavy atom. The van der Waals surface area contributed by atoms with Crippen molar-refractivity contribution in [3.8, 4) is 12.3 Å². The van der Waals surface area contributed by atoms with E-state index in [2.05, 4.69) is 25.1 Å². The second-order valence-electron chi connectivity index (χ2n) is 5.89. The largest absolute Gasteiger partial charge is 0.317 e. The SMILES string of the molecule is C#CCCCC1CC(CCC)CCC1CNCC. The molecule has 0 heterocycles. The van der Waals surface area contributed by atoms with Gasteiger partial charge in [-0.25, -0.2) is 0 Å². The topological polar surface area (TPSA) is 12.0 Å². The molecule has 3 atom stereocenters. The highest BCUT2D eigenvalue weighted by atomic mass is 14.8. The molecule has 0 aliphatic heterocycles. The van der Waals surface area contributed by atoms with Crippen molar-refractivity contribution in [1.29, 1.82) is 0 Å². The molecule has 1 heteroatoms. The second-order valence-corrected chi connectivity index (χ2v) is 5.89. The molecular formula is C17H31N. The summed E-state index contributed by atoms with van der Waals surface area (Å²) >= 11 is 0. The molecule has 0 bridgehead atoms. The molecule has 0 aromatic rings. The Balaban J connectivity index is 2.41. The van der Waals surface area contributed by atoms with Crippen LogP contribution in [0.3, 0.4) is 0 Å². The lowest BCUT2D eigenvalue weighted by molar-refractivity contribution is 0.158. The van der Waals surface area contributed by atoms with Gasteiger partial charge in [-0.2, -0.15) is 0 Å². The summed E-state index contributed by atoms with van der Waals surface area (Å²) < 4.78 is 0. The molecule has 1 saturated carbocycles. The average Bonchev–Trinajstić information content (AvgIpc) is 2.38. The molecule has 0 aromatic heterocycles. The van der Waals surface area contributed by atoms with Gasteiger partial charge in [0.15, 0.2) is 0 Å². The van der Waals surface area contributed by atoms with Crippen molar-refractivity contribution in [1.82, 2.24) is 5.32 Å². The van der Waals surface area contributed by atoms with E-state index in [1.165, 1.54) is 51.5 Å². The van der Waals surface area contributed by atoms with Crippen molar-refractivity contribution in [3.05, 3.63) is 0 Å². The zero-order chi connectivity index (χ0) is 13.2. The number of terminal acetylenes is 1. The van der Waals surface area contributed by atoms with E-state index in [9.17, 15) is 0 Å². The van der Waals surface area contributed by atoms with Gasteiger partial charge in [-0.3, -0.25) is 0 Å². The number of hydrogen-bond acceptors (Lipinski definition) is 1. The molecule has 0 spiro atoms. The van der Waals surface area contributed by atoms with Crippen molar-refractivity contribution in [2.24, 2.45) is 17.8 Å². The van der Waals surface area contributed by atoms with Crippen LogP contribution in [0.25, 0.3) is 0 Å². The Morgan fingerprint density at radius 2 is 2.00 bits per heavy atom. The summed E-state index contributed by atoms with van der Waals surface area (Å²) in [7, 11) is 0. The third kappa shape index (κ3) is 5.44. The summed E-state index contributed by atoms with van der Waals surface area (Å²) in [5.74, 6) is 5.59. The van der Waals surface area contributed by atoms with Crippen molar-refractivity contribution in [2.45, 2.75) is 65.2 Å². The van der Waals surface area contributed by atoms with Crippen LogP contribution in [0.15, 0.2) is 0 Å². The van der Waals surface area contributed by atoms with Gasteiger partial charge in [0, 0.05) is 6.42 Å². The van der Waals surface area contributed by atoms with Crippen molar-refractivity contribution < 1.29 is 0 Å². The Bertz CT molecular complexity index is 240. The second kappa shape index (κ2) is 9.45. The minimum Gasteiger partial charge on any atom is -0.317 e. The predicted molar refractivity (Wildman–Crippen MR) is 80.5 cm³/mol. The number of rotatable bonds is 8. The summed E-state index contributed by atoms with van der Waals surface area (Å²) in [5, 5.41) is 3.54. The first-order chi connectivity index (χ1) is 8.81. The van der Waals surface area contributed by atoms with E-state index in [1.807, 2.05) is 0 Å². The molecule has 1 aliphatic rings. The third-order valence-corrected chi connectivity index (χ3v) is 4.50. The fraction of sp³-hybridized carbons (Fsp3) is 0.882. The summed E-state index contributed by atoms with van der Waals surface area (Å²) in [6.45, 7) is 6.84. The van der Waals surface area contributed by atoms with Gasteiger partial charge in [-0.15, -0.1) is 12.3 Å². The zero-order valence-electron chi connectivity index (χ0n) is 12.4. The molecule has 1 nitrogen and oxygen atoms in total. The molecule has 1 N–H and O–H groups in total. The van der Waals surface area contributed by atoms with E-state index in [0.29, 0.717) is 0 Å². The predicted octanol–water partition coefficient (Wildman–Crippen LogP) is 4.23. The Labute approximate surface area is 114 Å². The highest BCUT2D eigenvalue weighted by Gasteiger charge is 2.29. The van der Waals surface area contributed by atoms with Crippen molar-refractivity contribution in [3.63, 3.8) is 0 Å². The molecule has 0 saturated heterocycles. The molecule has 0 radical (unpaired) electrons. The van der Waals surface area contributed by atoms with Crippen LogP contribution >= 0.6 is 0 Å². The van der Waals surface area contributed by atoms with E-state index in [4.69, 9.17) is 6.42 Å². The van der Waals surface area contributed by atoms with Crippen LogP contribution in [0, 0.1) is 30.1 Å². The maximum Gasteiger partial charge on any atom is 0.00861 e. The standard InChI is InChI=1S/C17H31N/c1-4-7-8-10-16-13-15(9-5-2)11-12-17(16)14-18-6-3/h1,15-18H,5-14H2,2-3H3. The summed E-state index contributed by atoms with van der Waals surface area (Å²) in [4.78, 5) is 0. The summed E-state index contributed by atoms with van der Waals surface area (Å²) in [6.07, 6.45) is 16.0.